The van der Waals surface area contributed by atoms with Crippen LogP contribution in [0.4, 0.5) is 0 Å². The standard InChI is InChI=1S/C8H3N2O/c9-4-6-1-2-8(11)3-7(6)5-10/h1-3H. The Hall–Kier alpha value is -2.00. The van der Waals surface area contributed by atoms with Crippen molar-refractivity contribution >= 4 is 0 Å². The maximum Gasteiger partial charge on any atom is 0.180 e. The summed E-state index contributed by atoms with van der Waals surface area (Å²) in [7, 11) is 0. The average Bonchev–Trinajstić information content (AvgIpc) is 2.04. The summed E-state index contributed by atoms with van der Waals surface area (Å²) in [6, 6.07) is 7.34. The van der Waals surface area contributed by atoms with E-state index in [9.17, 15) is 5.11 Å². The maximum absolute atomic E-state index is 10.7. The van der Waals surface area contributed by atoms with Crippen molar-refractivity contribution in [3.05, 3.63) is 29.3 Å². The minimum absolute atomic E-state index is 0.139. The molecule has 0 N–H and O–H groups in total. The highest BCUT2D eigenvalue weighted by molar-refractivity contribution is 5.48. The lowest BCUT2D eigenvalue weighted by atomic mass is 10.1. The fraction of sp³-hybridized carbons (Fsp3) is 0. The molecule has 0 aromatic heterocycles. The summed E-state index contributed by atoms with van der Waals surface area (Å²) in [6.07, 6.45) is 0. The predicted octanol–water partition coefficient (Wildman–Crippen LogP) is 1.57. The summed E-state index contributed by atoms with van der Waals surface area (Å²) in [6.45, 7) is 0. The van der Waals surface area contributed by atoms with Crippen LogP contribution in [0.3, 0.4) is 0 Å². The Kier molecular flexibility index (Phi) is 1.76. The molecular weight excluding hydrogens is 140 g/mol. The molecule has 3 nitrogen and oxygen atoms in total. The van der Waals surface area contributed by atoms with Crippen molar-refractivity contribution < 1.29 is 5.11 Å². The average molecular weight is 143 g/mol. The van der Waals surface area contributed by atoms with E-state index in [2.05, 4.69) is 0 Å². The van der Waals surface area contributed by atoms with Crippen molar-refractivity contribution in [1.29, 1.82) is 10.5 Å². The lowest BCUT2D eigenvalue weighted by Gasteiger charge is -1.90. The van der Waals surface area contributed by atoms with E-state index in [0.717, 1.165) is 6.07 Å². The van der Waals surface area contributed by atoms with Crippen molar-refractivity contribution in [3.63, 3.8) is 0 Å². The topological polar surface area (TPSA) is 67.5 Å². The lowest BCUT2D eigenvalue weighted by molar-refractivity contribution is 0.355. The molecule has 1 aromatic carbocycles. The SMILES string of the molecule is N#Cc1ccc([O])cc1C#N. The van der Waals surface area contributed by atoms with Gasteiger partial charge in [-0.05, 0) is 12.1 Å². The van der Waals surface area contributed by atoms with Crippen molar-refractivity contribution in [2.75, 3.05) is 0 Å². The zero-order chi connectivity index (χ0) is 8.27. The highest BCUT2D eigenvalue weighted by Crippen LogP contribution is 2.14. The van der Waals surface area contributed by atoms with Crippen LogP contribution in [0.2, 0.25) is 0 Å². The van der Waals surface area contributed by atoms with Gasteiger partial charge in [-0.1, -0.05) is 0 Å². The molecule has 1 radical (unpaired) electrons. The molecule has 1 aromatic rings. The third-order valence-corrected chi connectivity index (χ3v) is 1.23. The van der Waals surface area contributed by atoms with Crippen LogP contribution >= 0.6 is 0 Å². The van der Waals surface area contributed by atoms with E-state index in [1.165, 1.54) is 12.1 Å². The molecule has 0 saturated carbocycles. The van der Waals surface area contributed by atoms with Crippen LogP contribution in [0.5, 0.6) is 5.75 Å². The van der Waals surface area contributed by atoms with Gasteiger partial charge in [-0.3, -0.25) is 5.11 Å². The minimum Gasteiger partial charge on any atom is -0.290 e. The Morgan fingerprint density at radius 1 is 1.09 bits per heavy atom. The molecule has 51 valence electrons. The smallest absolute Gasteiger partial charge is 0.180 e. The number of nitriles is 2. The van der Waals surface area contributed by atoms with Crippen molar-refractivity contribution in [2.45, 2.75) is 0 Å². The van der Waals surface area contributed by atoms with Gasteiger partial charge in [0.25, 0.3) is 0 Å². The summed E-state index contributed by atoms with van der Waals surface area (Å²) in [4.78, 5) is 0. The van der Waals surface area contributed by atoms with Crippen LogP contribution in [0, 0.1) is 22.7 Å². The fourth-order valence-corrected chi connectivity index (χ4v) is 0.713. The van der Waals surface area contributed by atoms with Crippen LogP contribution in [-0.2, 0) is 5.11 Å². The van der Waals surface area contributed by atoms with E-state index >= 15 is 0 Å². The first-order chi connectivity index (χ1) is 5.27. The van der Waals surface area contributed by atoms with Gasteiger partial charge in [0.15, 0.2) is 5.75 Å². The van der Waals surface area contributed by atoms with Gasteiger partial charge in [0.1, 0.15) is 12.1 Å². The van der Waals surface area contributed by atoms with E-state index in [0.29, 0.717) is 0 Å². The van der Waals surface area contributed by atoms with Gasteiger partial charge in [-0.15, -0.1) is 0 Å². The van der Waals surface area contributed by atoms with Crippen LogP contribution in [-0.4, -0.2) is 0 Å². The normalized spacial score (nSPS) is 8.18. The van der Waals surface area contributed by atoms with Gasteiger partial charge in [-0.25, -0.2) is 0 Å². The van der Waals surface area contributed by atoms with Gasteiger partial charge in [-0.2, -0.15) is 10.5 Å². The first-order valence-corrected chi connectivity index (χ1v) is 2.89. The van der Waals surface area contributed by atoms with Gasteiger partial charge >= 0.3 is 0 Å². The van der Waals surface area contributed by atoms with Crippen LogP contribution in [0.1, 0.15) is 11.1 Å². The molecule has 0 unspecified atom stereocenters. The molecule has 1 rings (SSSR count). The largest absolute Gasteiger partial charge is 0.290 e. The number of hydrogen-bond acceptors (Lipinski definition) is 2. The molecule has 0 aliphatic carbocycles. The third-order valence-electron chi connectivity index (χ3n) is 1.23. The van der Waals surface area contributed by atoms with Crippen LogP contribution in [0.15, 0.2) is 18.2 Å². The molecule has 0 fully saturated rings. The highest BCUT2D eigenvalue weighted by Gasteiger charge is 2.01. The summed E-state index contributed by atoms with van der Waals surface area (Å²) < 4.78 is 0. The number of hydrogen-bond donors (Lipinski definition) is 0. The Bertz CT molecular complexity index is 357. The van der Waals surface area contributed by atoms with Crippen molar-refractivity contribution in [2.24, 2.45) is 0 Å². The lowest BCUT2D eigenvalue weighted by Crippen LogP contribution is -1.80. The Morgan fingerprint density at radius 2 is 1.73 bits per heavy atom. The fourth-order valence-electron chi connectivity index (χ4n) is 0.713. The minimum atomic E-state index is -0.249. The summed E-state index contributed by atoms with van der Waals surface area (Å²) in [5.41, 5.74) is 0.382. The van der Waals surface area contributed by atoms with E-state index < -0.39 is 0 Å². The zero-order valence-corrected chi connectivity index (χ0v) is 5.53. The Labute approximate surface area is 63.7 Å². The second kappa shape index (κ2) is 2.72. The van der Waals surface area contributed by atoms with E-state index in [4.69, 9.17) is 10.5 Å². The number of nitrogens with zero attached hydrogens (tertiary/aromatic N) is 2. The third kappa shape index (κ3) is 1.28. The molecule has 0 aliphatic heterocycles. The van der Waals surface area contributed by atoms with Crippen LogP contribution in [0.25, 0.3) is 0 Å². The first kappa shape index (κ1) is 7.11. The molecular formula is C8H3N2O. The second-order valence-electron chi connectivity index (χ2n) is 1.93. The first-order valence-electron chi connectivity index (χ1n) is 2.89. The van der Waals surface area contributed by atoms with Gasteiger partial charge in [0.2, 0.25) is 0 Å². The predicted molar refractivity (Wildman–Crippen MR) is 36.0 cm³/mol. The molecule has 0 aliphatic rings. The van der Waals surface area contributed by atoms with Gasteiger partial charge in [0.05, 0.1) is 11.1 Å². The summed E-state index contributed by atoms with van der Waals surface area (Å²) >= 11 is 0. The molecule has 0 bridgehead atoms. The molecule has 0 heterocycles. The number of rotatable bonds is 0. The van der Waals surface area contributed by atoms with Gasteiger partial charge < -0.3 is 0 Å². The molecule has 0 spiro atoms. The van der Waals surface area contributed by atoms with Crippen molar-refractivity contribution in [3.8, 4) is 17.9 Å². The molecule has 3 heteroatoms. The molecule has 0 saturated heterocycles. The van der Waals surface area contributed by atoms with E-state index in [1.54, 1.807) is 6.07 Å². The van der Waals surface area contributed by atoms with Crippen molar-refractivity contribution in [1.82, 2.24) is 0 Å². The molecule has 0 amide bonds. The highest BCUT2D eigenvalue weighted by atomic mass is 16.3. The van der Waals surface area contributed by atoms with E-state index in [1.807, 2.05) is 6.07 Å². The number of benzene rings is 1. The monoisotopic (exact) mass is 143 g/mol. The maximum atomic E-state index is 10.7. The molecule has 0 atom stereocenters. The van der Waals surface area contributed by atoms with Gasteiger partial charge in [0, 0.05) is 6.07 Å². The Balaban J connectivity index is 3.34. The van der Waals surface area contributed by atoms with Crippen LogP contribution < -0.4 is 0 Å². The molecule has 11 heavy (non-hydrogen) atoms. The quantitative estimate of drug-likeness (QED) is 0.553. The Morgan fingerprint density at radius 3 is 2.27 bits per heavy atom. The summed E-state index contributed by atoms with van der Waals surface area (Å²) in [5.74, 6) is -0.249. The second-order valence-corrected chi connectivity index (χ2v) is 1.93. The zero-order valence-electron chi connectivity index (χ0n) is 5.53. The summed E-state index contributed by atoms with van der Waals surface area (Å²) in [5, 5.41) is 27.5. The van der Waals surface area contributed by atoms with E-state index in [-0.39, 0.29) is 16.9 Å².